The van der Waals surface area contributed by atoms with Crippen molar-refractivity contribution in [3.05, 3.63) is 76.7 Å². The molecule has 0 spiro atoms. The minimum atomic E-state index is -0.0611. The molecule has 1 amide bonds. The Bertz CT molecular complexity index is 797. The third-order valence-corrected chi connectivity index (χ3v) is 3.99. The van der Waals surface area contributed by atoms with Gasteiger partial charge in [-0.2, -0.15) is 0 Å². The lowest BCUT2D eigenvalue weighted by molar-refractivity contribution is 0.0775. The van der Waals surface area contributed by atoms with Crippen LogP contribution in [0.15, 0.2) is 69.8 Å². The van der Waals surface area contributed by atoms with Crippen molar-refractivity contribution in [2.24, 2.45) is 0 Å². The zero-order valence-electron chi connectivity index (χ0n) is 12.6. The molecule has 0 unspecified atom stereocenters. The highest BCUT2D eigenvalue weighted by Gasteiger charge is 2.14. The van der Waals surface area contributed by atoms with Crippen LogP contribution in [0.3, 0.4) is 0 Å². The summed E-state index contributed by atoms with van der Waals surface area (Å²) in [6.45, 7) is 0.414. The number of furan rings is 1. The van der Waals surface area contributed by atoms with Crippen LogP contribution in [-0.4, -0.2) is 22.8 Å². The maximum absolute atomic E-state index is 12.3. The maximum Gasteiger partial charge on any atom is 0.254 e. The molecule has 0 aliphatic heterocycles. The Morgan fingerprint density at radius 2 is 1.78 bits per heavy atom. The minimum Gasteiger partial charge on any atom is -0.459 e. The van der Waals surface area contributed by atoms with Gasteiger partial charge < -0.3 is 9.32 Å². The first-order valence-electron chi connectivity index (χ1n) is 7.13. The number of hydrogen-bond acceptors (Lipinski definition) is 3. The van der Waals surface area contributed by atoms with Gasteiger partial charge in [-0.1, -0.05) is 28.1 Å². The molecule has 23 heavy (non-hydrogen) atoms. The quantitative estimate of drug-likeness (QED) is 0.684. The Balaban J connectivity index is 1.71. The third kappa shape index (κ3) is 3.68. The molecule has 3 aromatic rings. The van der Waals surface area contributed by atoms with E-state index >= 15 is 0 Å². The summed E-state index contributed by atoms with van der Waals surface area (Å²) in [7, 11) is 1.75. The van der Waals surface area contributed by atoms with E-state index in [4.69, 9.17) is 4.42 Å². The van der Waals surface area contributed by atoms with E-state index in [1.807, 2.05) is 36.4 Å². The number of benzene rings is 1. The number of nitrogens with zero attached hydrogens (tertiary/aromatic N) is 2. The molecule has 2 heterocycles. The first-order chi connectivity index (χ1) is 11.1. The molecule has 2 aromatic heterocycles. The van der Waals surface area contributed by atoms with E-state index in [-0.39, 0.29) is 5.91 Å². The van der Waals surface area contributed by atoms with Crippen LogP contribution in [0.2, 0.25) is 0 Å². The normalized spacial score (nSPS) is 10.5. The van der Waals surface area contributed by atoms with Crippen molar-refractivity contribution in [1.82, 2.24) is 9.88 Å². The van der Waals surface area contributed by atoms with Gasteiger partial charge in [0.2, 0.25) is 0 Å². The highest BCUT2D eigenvalue weighted by atomic mass is 79.9. The Morgan fingerprint density at radius 1 is 1.09 bits per heavy atom. The monoisotopic (exact) mass is 370 g/mol. The minimum absolute atomic E-state index is 0.0611. The smallest absolute Gasteiger partial charge is 0.254 e. The molecule has 116 valence electrons. The molecule has 0 fully saturated rings. The number of hydrogen-bond donors (Lipinski definition) is 0. The lowest BCUT2D eigenvalue weighted by Gasteiger charge is -2.15. The topological polar surface area (TPSA) is 46.3 Å². The van der Waals surface area contributed by atoms with Gasteiger partial charge in [-0.15, -0.1) is 0 Å². The van der Waals surface area contributed by atoms with Crippen molar-refractivity contribution in [1.29, 1.82) is 0 Å². The molecule has 4 nitrogen and oxygen atoms in total. The molecular weight excluding hydrogens is 356 g/mol. The van der Waals surface area contributed by atoms with Crippen LogP contribution >= 0.6 is 15.9 Å². The van der Waals surface area contributed by atoms with Crippen molar-refractivity contribution >= 4 is 21.8 Å². The second kappa shape index (κ2) is 6.79. The molecule has 1 aromatic carbocycles. The number of pyridine rings is 1. The Labute approximate surface area is 142 Å². The molecule has 0 saturated heterocycles. The van der Waals surface area contributed by atoms with E-state index in [1.54, 1.807) is 36.5 Å². The Kier molecular flexibility index (Phi) is 4.57. The molecule has 0 aliphatic carbocycles. The third-order valence-electron chi connectivity index (χ3n) is 3.46. The summed E-state index contributed by atoms with van der Waals surface area (Å²) in [4.78, 5) is 17.9. The van der Waals surface area contributed by atoms with Crippen LogP contribution in [0.5, 0.6) is 0 Å². The predicted molar refractivity (Wildman–Crippen MR) is 91.9 cm³/mol. The fraction of sp³-hybridized carbons (Fsp3) is 0.111. The lowest BCUT2D eigenvalue weighted by Crippen LogP contribution is -2.25. The average molecular weight is 371 g/mol. The van der Waals surface area contributed by atoms with Gasteiger partial charge >= 0.3 is 0 Å². The van der Waals surface area contributed by atoms with Gasteiger partial charge in [-0.25, -0.2) is 0 Å². The summed E-state index contributed by atoms with van der Waals surface area (Å²) in [5.74, 6) is 1.47. The first-order valence-corrected chi connectivity index (χ1v) is 7.93. The average Bonchev–Trinajstić information content (AvgIpc) is 3.04. The van der Waals surface area contributed by atoms with Crippen LogP contribution in [-0.2, 0) is 6.54 Å². The standard InChI is InChI=1S/C18H15BrN2O2/c1-21(18(22)14-8-10-20-11-9-14)12-16-6-7-17(23-16)13-2-4-15(19)5-3-13/h2-11H,12H2,1H3. The van der Waals surface area contributed by atoms with Gasteiger partial charge in [0.15, 0.2) is 0 Å². The van der Waals surface area contributed by atoms with E-state index in [0.717, 1.165) is 21.6 Å². The van der Waals surface area contributed by atoms with Gasteiger partial charge in [0.1, 0.15) is 11.5 Å². The van der Waals surface area contributed by atoms with Gasteiger partial charge in [0.25, 0.3) is 5.91 Å². The number of carbonyl (C=O) groups is 1. The molecule has 5 heteroatoms. The van der Waals surface area contributed by atoms with Crippen molar-refractivity contribution in [2.75, 3.05) is 7.05 Å². The summed E-state index contributed by atoms with van der Waals surface area (Å²) >= 11 is 3.41. The van der Waals surface area contributed by atoms with Crippen LogP contribution in [0.25, 0.3) is 11.3 Å². The van der Waals surface area contributed by atoms with Crippen molar-refractivity contribution in [3.8, 4) is 11.3 Å². The molecule has 0 radical (unpaired) electrons. The molecule has 0 atom stereocenters. The SMILES string of the molecule is CN(Cc1ccc(-c2ccc(Br)cc2)o1)C(=O)c1ccncc1. The predicted octanol–water partition coefficient (Wildman–Crippen LogP) is 4.38. The zero-order chi connectivity index (χ0) is 16.2. The second-order valence-corrected chi connectivity index (χ2v) is 6.09. The maximum atomic E-state index is 12.3. The molecule has 0 aliphatic rings. The number of amides is 1. The van der Waals surface area contributed by atoms with E-state index < -0.39 is 0 Å². The second-order valence-electron chi connectivity index (χ2n) is 5.17. The zero-order valence-corrected chi connectivity index (χ0v) is 14.2. The number of rotatable bonds is 4. The fourth-order valence-electron chi connectivity index (χ4n) is 2.25. The van der Waals surface area contributed by atoms with E-state index in [2.05, 4.69) is 20.9 Å². The largest absolute Gasteiger partial charge is 0.459 e. The van der Waals surface area contributed by atoms with Crippen molar-refractivity contribution < 1.29 is 9.21 Å². The van der Waals surface area contributed by atoms with Gasteiger partial charge in [0.05, 0.1) is 6.54 Å². The van der Waals surface area contributed by atoms with Crippen LogP contribution in [0.4, 0.5) is 0 Å². The first kappa shape index (κ1) is 15.5. The van der Waals surface area contributed by atoms with Crippen LogP contribution < -0.4 is 0 Å². The summed E-state index contributed by atoms with van der Waals surface area (Å²) in [5, 5.41) is 0. The summed E-state index contributed by atoms with van der Waals surface area (Å²) in [6, 6.07) is 15.1. The van der Waals surface area contributed by atoms with E-state index in [0.29, 0.717) is 12.1 Å². The van der Waals surface area contributed by atoms with Crippen LogP contribution in [0.1, 0.15) is 16.1 Å². The molecule has 0 saturated carbocycles. The summed E-state index contributed by atoms with van der Waals surface area (Å²) in [6.07, 6.45) is 3.22. The summed E-state index contributed by atoms with van der Waals surface area (Å²) in [5.41, 5.74) is 1.62. The van der Waals surface area contributed by atoms with Gasteiger partial charge in [0, 0.05) is 35.0 Å². The lowest BCUT2D eigenvalue weighted by atomic mass is 10.2. The van der Waals surface area contributed by atoms with E-state index in [1.165, 1.54) is 0 Å². The molecular formula is C18H15BrN2O2. The Hall–Kier alpha value is -2.40. The van der Waals surface area contributed by atoms with E-state index in [9.17, 15) is 4.79 Å². The molecule has 0 bridgehead atoms. The van der Waals surface area contributed by atoms with Crippen molar-refractivity contribution in [2.45, 2.75) is 6.54 Å². The fourth-order valence-corrected chi connectivity index (χ4v) is 2.52. The van der Waals surface area contributed by atoms with Crippen molar-refractivity contribution in [3.63, 3.8) is 0 Å². The molecule has 3 rings (SSSR count). The highest BCUT2D eigenvalue weighted by Crippen LogP contribution is 2.24. The Morgan fingerprint density at radius 3 is 2.48 bits per heavy atom. The van der Waals surface area contributed by atoms with Gasteiger partial charge in [-0.05, 0) is 36.4 Å². The molecule has 0 N–H and O–H groups in total. The summed E-state index contributed by atoms with van der Waals surface area (Å²) < 4.78 is 6.87. The number of carbonyl (C=O) groups excluding carboxylic acids is 1. The number of aromatic nitrogens is 1. The van der Waals surface area contributed by atoms with Gasteiger partial charge in [-0.3, -0.25) is 9.78 Å². The van der Waals surface area contributed by atoms with Crippen LogP contribution in [0, 0.1) is 0 Å². The number of halogens is 1. The highest BCUT2D eigenvalue weighted by molar-refractivity contribution is 9.10.